The summed E-state index contributed by atoms with van der Waals surface area (Å²) in [6.07, 6.45) is 4.63. The minimum Gasteiger partial charge on any atom is -0.491 e. The van der Waals surface area contributed by atoms with Crippen LogP contribution in [0.2, 0.25) is 0 Å². The number of aliphatic hydroxyl groups is 1. The molecular formula is C23H28N4O2S. The van der Waals surface area contributed by atoms with Crippen LogP contribution in [0.1, 0.15) is 26.3 Å². The van der Waals surface area contributed by atoms with Crippen molar-refractivity contribution in [1.82, 2.24) is 19.7 Å². The van der Waals surface area contributed by atoms with Gasteiger partial charge < -0.3 is 9.84 Å². The molecule has 6 nitrogen and oxygen atoms in total. The third kappa shape index (κ3) is 5.70. The summed E-state index contributed by atoms with van der Waals surface area (Å²) < 4.78 is 7.72. The second-order valence-corrected chi connectivity index (χ2v) is 8.98. The molecule has 0 saturated carbocycles. The number of pyridine rings is 1. The third-order valence-corrected chi connectivity index (χ3v) is 5.65. The van der Waals surface area contributed by atoms with Crippen molar-refractivity contribution < 1.29 is 9.84 Å². The van der Waals surface area contributed by atoms with Crippen LogP contribution in [0, 0.1) is 0 Å². The molecule has 3 aromatic rings. The number of nitrogens with zero attached hydrogens (tertiary/aromatic N) is 4. The first-order chi connectivity index (χ1) is 14.4. The van der Waals surface area contributed by atoms with Gasteiger partial charge in [-0.15, -0.1) is 16.8 Å². The van der Waals surface area contributed by atoms with Gasteiger partial charge in [-0.3, -0.25) is 9.55 Å². The molecule has 2 heterocycles. The van der Waals surface area contributed by atoms with Gasteiger partial charge >= 0.3 is 0 Å². The third-order valence-electron chi connectivity index (χ3n) is 4.53. The Bertz CT molecular complexity index is 950. The quantitative estimate of drug-likeness (QED) is 0.407. The Morgan fingerprint density at radius 3 is 2.47 bits per heavy atom. The maximum atomic E-state index is 10.4. The molecule has 30 heavy (non-hydrogen) atoms. The molecule has 0 aliphatic rings. The number of rotatable bonds is 9. The second kappa shape index (κ2) is 9.91. The second-order valence-electron chi connectivity index (χ2n) is 7.99. The SMILES string of the molecule is C=CCn1c(SC[C@@H](O)COc2ccc(C(C)(C)C)cc2)nnc1-c1ccncc1. The van der Waals surface area contributed by atoms with Gasteiger partial charge in [0.1, 0.15) is 12.4 Å². The van der Waals surface area contributed by atoms with Gasteiger partial charge in [-0.1, -0.05) is 50.7 Å². The van der Waals surface area contributed by atoms with Gasteiger partial charge in [0.25, 0.3) is 0 Å². The van der Waals surface area contributed by atoms with Crippen molar-refractivity contribution in [3.05, 3.63) is 67.0 Å². The zero-order chi connectivity index (χ0) is 21.6. The lowest BCUT2D eigenvalue weighted by Gasteiger charge is -2.19. The van der Waals surface area contributed by atoms with Gasteiger partial charge in [0.05, 0.1) is 6.10 Å². The summed E-state index contributed by atoms with van der Waals surface area (Å²) >= 11 is 1.45. The fraction of sp³-hybridized carbons (Fsp3) is 0.348. The zero-order valence-electron chi connectivity index (χ0n) is 17.7. The van der Waals surface area contributed by atoms with E-state index in [0.29, 0.717) is 12.3 Å². The van der Waals surface area contributed by atoms with E-state index in [1.807, 2.05) is 28.8 Å². The van der Waals surface area contributed by atoms with Crippen LogP contribution >= 0.6 is 11.8 Å². The average Bonchev–Trinajstić information content (AvgIpc) is 3.14. The van der Waals surface area contributed by atoms with Gasteiger partial charge in [0.15, 0.2) is 11.0 Å². The molecule has 0 bridgehead atoms. The molecule has 0 fully saturated rings. The Labute approximate surface area is 182 Å². The Morgan fingerprint density at radius 2 is 1.83 bits per heavy atom. The van der Waals surface area contributed by atoms with Crippen molar-refractivity contribution in [2.24, 2.45) is 0 Å². The highest BCUT2D eigenvalue weighted by molar-refractivity contribution is 7.99. The molecule has 0 amide bonds. The number of ether oxygens (including phenoxy) is 1. The molecule has 0 aliphatic heterocycles. The summed E-state index contributed by atoms with van der Waals surface area (Å²) in [6.45, 7) is 11.2. The van der Waals surface area contributed by atoms with E-state index in [1.165, 1.54) is 17.3 Å². The van der Waals surface area contributed by atoms with Crippen molar-refractivity contribution in [2.75, 3.05) is 12.4 Å². The van der Waals surface area contributed by atoms with Crippen molar-refractivity contribution in [1.29, 1.82) is 0 Å². The summed E-state index contributed by atoms with van der Waals surface area (Å²) in [4.78, 5) is 4.05. The average molecular weight is 425 g/mol. The first-order valence-electron chi connectivity index (χ1n) is 9.87. The van der Waals surface area contributed by atoms with E-state index in [-0.39, 0.29) is 12.0 Å². The van der Waals surface area contributed by atoms with Crippen molar-refractivity contribution >= 4 is 11.8 Å². The highest BCUT2D eigenvalue weighted by atomic mass is 32.2. The molecule has 0 unspecified atom stereocenters. The van der Waals surface area contributed by atoms with E-state index >= 15 is 0 Å². The van der Waals surface area contributed by atoms with Crippen molar-refractivity contribution in [3.63, 3.8) is 0 Å². The summed E-state index contributed by atoms with van der Waals surface area (Å²) in [5, 5.41) is 19.7. The maximum absolute atomic E-state index is 10.4. The number of hydrogen-bond donors (Lipinski definition) is 1. The zero-order valence-corrected chi connectivity index (χ0v) is 18.5. The Balaban J connectivity index is 1.57. The van der Waals surface area contributed by atoms with Crippen LogP contribution in [0.15, 0.2) is 66.6 Å². The molecule has 1 atom stereocenters. The van der Waals surface area contributed by atoms with Crippen LogP contribution in [0.4, 0.5) is 0 Å². The summed E-state index contributed by atoms with van der Waals surface area (Å²) in [7, 11) is 0. The molecule has 0 radical (unpaired) electrons. The van der Waals surface area contributed by atoms with Crippen LogP contribution in [0.3, 0.4) is 0 Å². The fourth-order valence-corrected chi connectivity index (χ4v) is 3.72. The number of hydrogen-bond acceptors (Lipinski definition) is 6. The smallest absolute Gasteiger partial charge is 0.191 e. The molecule has 158 valence electrons. The number of thioether (sulfide) groups is 1. The molecule has 1 aromatic carbocycles. The predicted octanol–water partition coefficient (Wildman–Crippen LogP) is 4.36. The standard InChI is InChI=1S/C23H28N4O2S/c1-5-14-27-21(17-10-12-24-13-11-17)25-26-22(27)30-16-19(28)15-29-20-8-6-18(7-9-20)23(2,3)4/h5-13,19,28H,1,14-16H2,2-4H3/t19-/m0/s1. The van der Waals surface area contributed by atoms with E-state index in [4.69, 9.17) is 4.74 Å². The summed E-state index contributed by atoms with van der Waals surface area (Å²) in [5.41, 5.74) is 2.29. The van der Waals surface area contributed by atoms with Crippen LogP contribution in [0.25, 0.3) is 11.4 Å². The van der Waals surface area contributed by atoms with Gasteiger partial charge in [-0.05, 0) is 35.2 Å². The van der Waals surface area contributed by atoms with Crippen LogP contribution in [-0.2, 0) is 12.0 Å². The Morgan fingerprint density at radius 1 is 1.13 bits per heavy atom. The Hall–Kier alpha value is -2.64. The monoisotopic (exact) mass is 424 g/mol. The predicted molar refractivity (Wildman–Crippen MR) is 121 cm³/mol. The summed E-state index contributed by atoms with van der Waals surface area (Å²) in [5.74, 6) is 1.96. The van der Waals surface area contributed by atoms with Crippen molar-refractivity contribution in [3.8, 4) is 17.1 Å². The topological polar surface area (TPSA) is 73.1 Å². The number of aromatic nitrogens is 4. The number of allylic oxidation sites excluding steroid dienone is 1. The molecular weight excluding hydrogens is 396 g/mol. The minimum absolute atomic E-state index is 0.102. The van der Waals surface area contributed by atoms with Crippen molar-refractivity contribution in [2.45, 2.75) is 44.0 Å². The lowest BCUT2D eigenvalue weighted by molar-refractivity contribution is 0.126. The highest BCUT2D eigenvalue weighted by Gasteiger charge is 2.16. The van der Waals surface area contributed by atoms with Gasteiger partial charge in [0.2, 0.25) is 0 Å². The van der Waals surface area contributed by atoms with E-state index in [1.54, 1.807) is 18.5 Å². The minimum atomic E-state index is -0.629. The van der Waals surface area contributed by atoms with E-state index < -0.39 is 6.10 Å². The molecule has 0 aliphatic carbocycles. The highest BCUT2D eigenvalue weighted by Crippen LogP contribution is 2.26. The molecule has 0 saturated heterocycles. The lowest BCUT2D eigenvalue weighted by Crippen LogP contribution is -2.20. The first kappa shape index (κ1) is 22.1. The molecule has 0 spiro atoms. The van der Waals surface area contributed by atoms with Crippen LogP contribution in [-0.4, -0.2) is 43.3 Å². The Kier molecular flexibility index (Phi) is 7.29. The summed E-state index contributed by atoms with van der Waals surface area (Å²) in [6, 6.07) is 11.8. The van der Waals surface area contributed by atoms with Crippen LogP contribution in [0.5, 0.6) is 5.75 Å². The fourth-order valence-electron chi connectivity index (χ4n) is 2.87. The lowest BCUT2D eigenvalue weighted by atomic mass is 9.87. The van der Waals surface area contributed by atoms with Crippen LogP contribution < -0.4 is 4.74 Å². The largest absolute Gasteiger partial charge is 0.491 e. The van der Waals surface area contributed by atoms with E-state index in [0.717, 1.165) is 22.3 Å². The van der Waals surface area contributed by atoms with Gasteiger partial charge in [-0.25, -0.2) is 0 Å². The normalized spacial score (nSPS) is 12.5. The number of aliphatic hydroxyl groups excluding tert-OH is 1. The van der Waals surface area contributed by atoms with E-state index in [2.05, 4.69) is 54.7 Å². The number of benzene rings is 1. The molecule has 1 N–H and O–H groups in total. The first-order valence-corrected chi connectivity index (χ1v) is 10.9. The van der Waals surface area contributed by atoms with Gasteiger partial charge in [0, 0.05) is 30.3 Å². The maximum Gasteiger partial charge on any atom is 0.191 e. The van der Waals surface area contributed by atoms with E-state index in [9.17, 15) is 5.11 Å². The molecule has 3 rings (SSSR count). The molecule has 2 aromatic heterocycles. The van der Waals surface area contributed by atoms with Gasteiger partial charge in [-0.2, -0.15) is 0 Å². The molecule has 7 heteroatoms.